The molecule has 3 rings (SSSR count). The second-order valence-corrected chi connectivity index (χ2v) is 8.17. The standard InChI is InChI=1S/C26H28N4O3/c1-17(2)23(30-25(32)21-8-4-6-18(3)14-21)26(33)28-16-19-7-5-9-22(15-19)29-24(31)20-10-12-27-13-11-20/h4-15,17,23H,16H2,1-3H3,(H,28,33)(H,29,31)(H,30,32). The Labute approximate surface area is 193 Å². The lowest BCUT2D eigenvalue weighted by Crippen LogP contribution is -2.49. The van der Waals surface area contributed by atoms with Crippen LogP contribution >= 0.6 is 0 Å². The van der Waals surface area contributed by atoms with Crippen molar-refractivity contribution in [2.24, 2.45) is 5.92 Å². The molecule has 170 valence electrons. The van der Waals surface area contributed by atoms with Crippen molar-refractivity contribution in [1.82, 2.24) is 15.6 Å². The quantitative estimate of drug-likeness (QED) is 0.493. The summed E-state index contributed by atoms with van der Waals surface area (Å²) in [6, 6.07) is 17.1. The molecule has 0 aliphatic carbocycles. The number of rotatable bonds is 8. The summed E-state index contributed by atoms with van der Waals surface area (Å²) in [5.41, 5.74) is 3.45. The maximum atomic E-state index is 12.8. The monoisotopic (exact) mass is 444 g/mol. The molecule has 0 aliphatic rings. The third-order valence-electron chi connectivity index (χ3n) is 5.11. The molecule has 2 aromatic carbocycles. The molecular formula is C26H28N4O3. The van der Waals surface area contributed by atoms with Crippen LogP contribution in [-0.2, 0) is 11.3 Å². The summed E-state index contributed by atoms with van der Waals surface area (Å²) in [6.45, 7) is 5.95. The number of hydrogen-bond donors (Lipinski definition) is 3. The number of nitrogens with zero attached hydrogens (tertiary/aromatic N) is 1. The molecule has 0 aliphatic heterocycles. The van der Waals surface area contributed by atoms with Gasteiger partial charge in [-0.1, -0.05) is 43.7 Å². The van der Waals surface area contributed by atoms with E-state index in [1.54, 1.807) is 48.8 Å². The molecule has 0 fully saturated rings. The van der Waals surface area contributed by atoms with E-state index in [4.69, 9.17) is 0 Å². The molecule has 0 saturated carbocycles. The first-order valence-electron chi connectivity index (χ1n) is 10.8. The highest BCUT2D eigenvalue weighted by molar-refractivity contribution is 6.04. The lowest BCUT2D eigenvalue weighted by atomic mass is 10.0. The molecule has 1 heterocycles. The Morgan fingerprint density at radius 3 is 2.30 bits per heavy atom. The number of aromatic nitrogens is 1. The van der Waals surface area contributed by atoms with Gasteiger partial charge in [0.15, 0.2) is 0 Å². The Hall–Kier alpha value is -4.00. The Balaban J connectivity index is 1.60. The van der Waals surface area contributed by atoms with E-state index in [0.29, 0.717) is 16.8 Å². The van der Waals surface area contributed by atoms with E-state index in [-0.39, 0.29) is 30.2 Å². The third-order valence-corrected chi connectivity index (χ3v) is 5.11. The molecule has 1 atom stereocenters. The summed E-state index contributed by atoms with van der Waals surface area (Å²) < 4.78 is 0. The van der Waals surface area contributed by atoms with Gasteiger partial charge in [-0.25, -0.2) is 0 Å². The predicted molar refractivity (Wildman–Crippen MR) is 128 cm³/mol. The lowest BCUT2D eigenvalue weighted by Gasteiger charge is -2.22. The molecular weight excluding hydrogens is 416 g/mol. The van der Waals surface area contributed by atoms with Crippen LogP contribution in [-0.4, -0.2) is 28.7 Å². The van der Waals surface area contributed by atoms with Crippen molar-refractivity contribution >= 4 is 23.4 Å². The smallest absolute Gasteiger partial charge is 0.255 e. The van der Waals surface area contributed by atoms with Crippen molar-refractivity contribution < 1.29 is 14.4 Å². The van der Waals surface area contributed by atoms with E-state index in [1.807, 2.05) is 45.0 Å². The van der Waals surface area contributed by atoms with Crippen molar-refractivity contribution in [2.75, 3.05) is 5.32 Å². The van der Waals surface area contributed by atoms with Crippen molar-refractivity contribution in [2.45, 2.75) is 33.4 Å². The van der Waals surface area contributed by atoms with E-state index >= 15 is 0 Å². The normalized spacial score (nSPS) is 11.5. The lowest BCUT2D eigenvalue weighted by molar-refractivity contribution is -0.124. The summed E-state index contributed by atoms with van der Waals surface area (Å²) in [5.74, 6) is -0.882. The number of carbonyl (C=O) groups is 3. The van der Waals surface area contributed by atoms with Crippen LogP contribution in [0.25, 0.3) is 0 Å². The molecule has 3 N–H and O–H groups in total. The van der Waals surface area contributed by atoms with Gasteiger partial charge >= 0.3 is 0 Å². The zero-order valence-corrected chi connectivity index (χ0v) is 19.0. The van der Waals surface area contributed by atoms with Gasteiger partial charge < -0.3 is 16.0 Å². The van der Waals surface area contributed by atoms with Crippen LogP contribution in [0, 0.1) is 12.8 Å². The van der Waals surface area contributed by atoms with Crippen LogP contribution < -0.4 is 16.0 Å². The number of nitrogens with one attached hydrogen (secondary N) is 3. The fourth-order valence-electron chi connectivity index (χ4n) is 3.31. The second kappa shape index (κ2) is 11.0. The van der Waals surface area contributed by atoms with Crippen LogP contribution in [0.15, 0.2) is 73.1 Å². The van der Waals surface area contributed by atoms with Crippen LogP contribution in [0.3, 0.4) is 0 Å². The molecule has 0 radical (unpaired) electrons. The maximum Gasteiger partial charge on any atom is 0.255 e. The fraction of sp³-hybridized carbons (Fsp3) is 0.231. The second-order valence-electron chi connectivity index (χ2n) is 8.17. The third kappa shape index (κ3) is 6.74. The number of pyridine rings is 1. The fourth-order valence-corrected chi connectivity index (χ4v) is 3.31. The summed E-state index contributed by atoms with van der Waals surface area (Å²) >= 11 is 0. The van der Waals surface area contributed by atoms with Gasteiger partial charge in [0.2, 0.25) is 5.91 Å². The molecule has 3 amide bonds. The van der Waals surface area contributed by atoms with Crippen molar-refractivity contribution in [3.63, 3.8) is 0 Å². The van der Waals surface area contributed by atoms with Gasteiger partial charge in [0.1, 0.15) is 6.04 Å². The van der Waals surface area contributed by atoms with Gasteiger partial charge in [0.05, 0.1) is 0 Å². The average molecular weight is 445 g/mol. The average Bonchev–Trinajstić information content (AvgIpc) is 2.81. The number of aryl methyl sites for hydroxylation is 1. The van der Waals surface area contributed by atoms with Gasteiger partial charge in [-0.05, 0) is 54.8 Å². The Bertz CT molecular complexity index is 1130. The Morgan fingerprint density at radius 2 is 1.61 bits per heavy atom. The van der Waals surface area contributed by atoms with E-state index in [1.165, 1.54) is 0 Å². The van der Waals surface area contributed by atoms with Gasteiger partial charge in [-0.15, -0.1) is 0 Å². The van der Waals surface area contributed by atoms with Crippen LogP contribution in [0.2, 0.25) is 0 Å². The van der Waals surface area contributed by atoms with E-state index in [2.05, 4.69) is 20.9 Å². The highest BCUT2D eigenvalue weighted by atomic mass is 16.2. The van der Waals surface area contributed by atoms with E-state index in [9.17, 15) is 14.4 Å². The highest BCUT2D eigenvalue weighted by Gasteiger charge is 2.24. The summed E-state index contributed by atoms with van der Waals surface area (Å²) in [5, 5.41) is 8.56. The molecule has 1 aromatic heterocycles. The molecule has 0 saturated heterocycles. The van der Waals surface area contributed by atoms with Gasteiger partial charge in [0.25, 0.3) is 11.8 Å². The van der Waals surface area contributed by atoms with Crippen LogP contribution in [0.4, 0.5) is 5.69 Å². The van der Waals surface area contributed by atoms with Crippen molar-refractivity contribution in [1.29, 1.82) is 0 Å². The molecule has 1 unspecified atom stereocenters. The van der Waals surface area contributed by atoms with Crippen molar-refractivity contribution in [3.05, 3.63) is 95.3 Å². The van der Waals surface area contributed by atoms with Crippen LogP contribution in [0.1, 0.15) is 45.7 Å². The van der Waals surface area contributed by atoms with E-state index < -0.39 is 6.04 Å². The molecule has 7 heteroatoms. The molecule has 7 nitrogen and oxygen atoms in total. The number of amides is 3. The minimum absolute atomic E-state index is 0.0928. The molecule has 3 aromatic rings. The number of benzene rings is 2. The van der Waals surface area contributed by atoms with Crippen LogP contribution in [0.5, 0.6) is 0 Å². The first-order valence-corrected chi connectivity index (χ1v) is 10.8. The van der Waals surface area contributed by atoms with Gasteiger partial charge in [-0.2, -0.15) is 0 Å². The van der Waals surface area contributed by atoms with Gasteiger partial charge in [0, 0.05) is 35.8 Å². The molecule has 33 heavy (non-hydrogen) atoms. The maximum absolute atomic E-state index is 12.8. The summed E-state index contributed by atoms with van der Waals surface area (Å²) in [4.78, 5) is 41.7. The van der Waals surface area contributed by atoms with Gasteiger partial charge in [-0.3, -0.25) is 19.4 Å². The summed E-state index contributed by atoms with van der Waals surface area (Å²) in [7, 11) is 0. The number of carbonyl (C=O) groups excluding carboxylic acids is 3. The predicted octanol–water partition coefficient (Wildman–Crippen LogP) is 3.71. The number of anilines is 1. The topological polar surface area (TPSA) is 100 Å². The Kier molecular flexibility index (Phi) is 7.91. The molecule has 0 bridgehead atoms. The highest BCUT2D eigenvalue weighted by Crippen LogP contribution is 2.13. The first-order chi connectivity index (χ1) is 15.8. The van der Waals surface area contributed by atoms with Crippen molar-refractivity contribution in [3.8, 4) is 0 Å². The minimum atomic E-state index is -0.674. The largest absolute Gasteiger partial charge is 0.350 e. The zero-order chi connectivity index (χ0) is 23.8. The minimum Gasteiger partial charge on any atom is -0.350 e. The van der Waals surface area contributed by atoms with E-state index in [0.717, 1.165) is 11.1 Å². The number of hydrogen-bond acceptors (Lipinski definition) is 4. The zero-order valence-electron chi connectivity index (χ0n) is 19.0. The Morgan fingerprint density at radius 1 is 0.879 bits per heavy atom. The summed E-state index contributed by atoms with van der Waals surface area (Å²) in [6.07, 6.45) is 3.12. The first kappa shape index (κ1) is 23.7. The SMILES string of the molecule is Cc1cccc(C(=O)NC(C(=O)NCc2cccc(NC(=O)c3ccncc3)c2)C(C)C)c1. The molecule has 0 spiro atoms.